The summed E-state index contributed by atoms with van der Waals surface area (Å²) in [6.45, 7) is 3.84. The van der Waals surface area contributed by atoms with Gasteiger partial charge in [-0.1, -0.05) is 0 Å². The predicted octanol–water partition coefficient (Wildman–Crippen LogP) is 1.38. The molecule has 15 heavy (non-hydrogen) atoms. The van der Waals surface area contributed by atoms with Crippen molar-refractivity contribution in [2.24, 2.45) is 0 Å². The number of nitrogens with zero attached hydrogens (tertiary/aromatic N) is 1. The van der Waals surface area contributed by atoms with Crippen LogP contribution in [0.15, 0.2) is 0 Å². The molecule has 1 aliphatic rings. The van der Waals surface area contributed by atoms with Gasteiger partial charge in [0.05, 0.1) is 0 Å². The van der Waals surface area contributed by atoms with Gasteiger partial charge in [-0.25, -0.2) is 0 Å². The summed E-state index contributed by atoms with van der Waals surface area (Å²) in [6, 6.07) is 0. The summed E-state index contributed by atoms with van der Waals surface area (Å²) in [4.78, 5) is 0. The SMILES string of the molecule is Cl.Cl.Cl.[CH3][Ti]([CH3])([CH3])[N]1CNCNCNC1. The quantitative estimate of drug-likeness (QED) is 0.639. The van der Waals surface area contributed by atoms with E-state index < -0.39 is 16.8 Å². The van der Waals surface area contributed by atoms with E-state index in [0.29, 0.717) is 0 Å². The molecule has 0 bridgehead atoms. The molecule has 8 heteroatoms. The minimum absolute atomic E-state index is 0. The monoisotopic (exact) mass is 316 g/mol. The van der Waals surface area contributed by atoms with Crippen LogP contribution in [0.3, 0.4) is 0 Å². The third-order valence-electron chi connectivity index (χ3n) is 2.05. The normalized spacial score (nSPS) is 18.6. The first-order valence-electron chi connectivity index (χ1n) is 4.48. The molecule has 0 aromatic rings. The summed E-state index contributed by atoms with van der Waals surface area (Å²) in [5, 5.41) is 17.2. The van der Waals surface area contributed by atoms with E-state index in [0.717, 1.165) is 26.7 Å². The predicted molar refractivity (Wildman–Crippen MR) is 70.1 cm³/mol. The Morgan fingerprint density at radius 2 is 1.20 bits per heavy atom. The van der Waals surface area contributed by atoms with Gasteiger partial charge in [0.2, 0.25) is 0 Å². The van der Waals surface area contributed by atoms with Crippen molar-refractivity contribution in [1.82, 2.24) is 19.3 Å². The van der Waals surface area contributed by atoms with Crippen molar-refractivity contribution in [1.29, 1.82) is 0 Å². The standard InChI is InChI=1S/C4H11N4.3CH3.3ClH.Ti/c1-5-2-7-4-8-3-6-1;;;;;;;/h5-7H,1-4H2;3*1H3;3*1H;/q-1;;;;;;;+1. The van der Waals surface area contributed by atoms with Gasteiger partial charge in [0.25, 0.3) is 0 Å². The number of rotatable bonds is 1. The van der Waals surface area contributed by atoms with Gasteiger partial charge >= 0.3 is 78.5 Å². The van der Waals surface area contributed by atoms with Gasteiger partial charge in [0.1, 0.15) is 0 Å². The molecule has 1 fully saturated rings. The fraction of sp³-hybridized carbons (Fsp3) is 1.00. The number of hydrogen-bond donors (Lipinski definition) is 3. The Hall–Kier alpha value is 1.42. The molecule has 0 spiro atoms. The van der Waals surface area contributed by atoms with Gasteiger partial charge < -0.3 is 0 Å². The Balaban J connectivity index is -0.000000480. The first kappa shape index (κ1) is 21.7. The van der Waals surface area contributed by atoms with Crippen molar-refractivity contribution in [3.05, 3.63) is 0 Å². The topological polar surface area (TPSA) is 39.3 Å². The molecule has 0 radical (unpaired) electrons. The van der Waals surface area contributed by atoms with Crippen LogP contribution in [0.5, 0.6) is 0 Å². The zero-order valence-electron chi connectivity index (χ0n) is 9.50. The van der Waals surface area contributed by atoms with Crippen LogP contribution in [0.1, 0.15) is 0 Å². The van der Waals surface area contributed by atoms with Crippen molar-refractivity contribution < 1.29 is 16.8 Å². The van der Waals surface area contributed by atoms with Crippen molar-refractivity contribution in [2.75, 3.05) is 26.7 Å². The second-order valence-corrected chi connectivity index (χ2v) is 11.9. The Kier molecular flexibility index (Phi) is 15.3. The Labute approximate surface area is 115 Å². The molecule has 1 heterocycles. The van der Waals surface area contributed by atoms with Crippen LogP contribution in [-0.2, 0) is 16.8 Å². The maximum absolute atomic E-state index is 3.37. The number of hydrogen-bond acceptors (Lipinski definition) is 4. The molecule has 1 aliphatic heterocycles. The van der Waals surface area contributed by atoms with Crippen LogP contribution < -0.4 is 16.0 Å². The molecule has 1 saturated heterocycles. The van der Waals surface area contributed by atoms with E-state index in [9.17, 15) is 0 Å². The Bertz CT molecular complexity index is 137. The zero-order valence-corrected chi connectivity index (χ0v) is 13.5. The van der Waals surface area contributed by atoms with E-state index in [1.165, 1.54) is 0 Å². The average Bonchev–Trinajstić information content (AvgIpc) is 1.81. The average molecular weight is 318 g/mol. The van der Waals surface area contributed by atoms with Gasteiger partial charge in [0.15, 0.2) is 0 Å². The Morgan fingerprint density at radius 3 is 1.53 bits per heavy atom. The van der Waals surface area contributed by atoms with Gasteiger partial charge in [-0.3, -0.25) is 0 Å². The summed E-state index contributed by atoms with van der Waals surface area (Å²) in [7, 11) is 0. The number of halogens is 3. The molecule has 96 valence electrons. The fourth-order valence-corrected chi connectivity index (χ4v) is 2.98. The van der Waals surface area contributed by atoms with Crippen LogP contribution >= 0.6 is 37.2 Å². The summed E-state index contributed by atoms with van der Waals surface area (Å²) in [5.41, 5.74) is 0. The van der Waals surface area contributed by atoms with Crippen LogP contribution in [0, 0.1) is 0 Å². The van der Waals surface area contributed by atoms with Gasteiger partial charge in [-0.15, -0.1) is 37.2 Å². The molecule has 1 rings (SSSR count). The fourth-order valence-electron chi connectivity index (χ4n) is 1.15. The molecule has 3 N–H and O–H groups in total. The zero-order chi connectivity index (χ0) is 9.03. The molecule has 0 amide bonds. The number of nitrogens with one attached hydrogen (secondary N) is 3. The van der Waals surface area contributed by atoms with E-state index >= 15 is 0 Å². The molecule has 0 aromatic carbocycles. The summed E-state index contributed by atoms with van der Waals surface area (Å²) < 4.78 is 2.56. The molecule has 4 nitrogen and oxygen atoms in total. The van der Waals surface area contributed by atoms with Gasteiger partial charge in [-0.2, -0.15) is 0 Å². The first-order chi connectivity index (χ1) is 5.61. The van der Waals surface area contributed by atoms with Crippen molar-refractivity contribution in [2.45, 2.75) is 15.7 Å². The third kappa shape index (κ3) is 9.16. The van der Waals surface area contributed by atoms with Crippen molar-refractivity contribution in [3.63, 3.8) is 0 Å². The van der Waals surface area contributed by atoms with Crippen LogP contribution in [0.2, 0.25) is 15.7 Å². The van der Waals surface area contributed by atoms with E-state index in [4.69, 9.17) is 0 Å². The summed E-state index contributed by atoms with van der Waals surface area (Å²) in [5.74, 6) is 0. The van der Waals surface area contributed by atoms with E-state index in [-0.39, 0.29) is 37.2 Å². The molecule has 0 atom stereocenters. The molecule has 0 saturated carbocycles. The summed E-state index contributed by atoms with van der Waals surface area (Å²) in [6.07, 6.45) is 0. The third-order valence-corrected chi connectivity index (χ3v) is 5.51. The van der Waals surface area contributed by atoms with Gasteiger partial charge in [-0.05, 0) is 0 Å². The molecular weight excluding hydrogens is 294 g/mol. The molecule has 0 aromatic heterocycles. The minimum atomic E-state index is -1.61. The second-order valence-electron chi connectivity index (χ2n) is 4.13. The first-order valence-corrected chi connectivity index (χ1v) is 9.86. The maximum atomic E-state index is 3.37. The second kappa shape index (κ2) is 10.6. The van der Waals surface area contributed by atoms with Crippen LogP contribution in [0.25, 0.3) is 0 Å². The van der Waals surface area contributed by atoms with Crippen molar-refractivity contribution >= 4 is 37.2 Å². The van der Waals surface area contributed by atoms with E-state index in [2.05, 4.69) is 35.0 Å². The van der Waals surface area contributed by atoms with E-state index in [1.54, 1.807) is 0 Å². The van der Waals surface area contributed by atoms with E-state index in [1.807, 2.05) is 0 Å². The molecular formula is C7H23Cl3N4Ti. The Morgan fingerprint density at radius 1 is 0.800 bits per heavy atom. The molecule has 0 unspecified atom stereocenters. The van der Waals surface area contributed by atoms with Crippen molar-refractivity contribution in [3.8, 4) is 0 Å². The van der Waals surface area contributed by atoms with Gasteiger partial charge in [0, 0.05) is 0 Å². The van der Waals surface area contributed by atoms with Crippen LogP contribution in [-0.4, -0.2) is 30.1 Å². The van der Waals surface area contributed by atoms with Crippen LogP contribution in [0.4, 0.5) is 0 Å². The molecule has 0 aliphatic carbocycles. The summed E-state index contributed by atoms with van der Waals surface area (Å²) >= 11 is -1.61.